The first-order valence-electron chi connectivity index (χ1n) is 5.41. The average molecular weight is 212 g/mol. The molecule has 1 aromatic heterocycles. The van der Waals surface area contributed by atoms with Crippen LogP contribution in [0.2, 0.25) is 0 Å². The van der Waals surface area contributed by atoms with E-state index in [1.165, 1.54) is 0 Å². The van der Waals surface area contributed by atoms with Gasteiger partial charge >= 0.3 is 0 Å². The molecule has 1 heterocycles. The summed E-state index contributed by atoms with van der Waals surface area (Å²) in [5, 5.41) is 8.13. The molecule has 0 saturated carbocycles. The van der Waals surface area contributed by atoms with Crippen LogP contribution in [0.3, 0.4) is 0 Å². The number of hydrogen-bond donors (Lipinski definition) is 1. The van der Waals surface area contributed by atoms with Crippen molar-refractivity contribution in [2.24, 2.45) is 5.73 Å². The molecule has 0 spiro atoms. The molecule has 0 atom stereocenters. The third-order valence-electron chi connectivity index (χ3n) is 2.12. The predicted octanol–water partition coefficient (Wildman–Crippen LogP) is 1.24. The number of nitrogens with two attached hydrogens (primary N) is 1. The minimum Gasteiger partial charge on any atom is -0.373 e. The number of rotatable bonds is 6. The molecule has 0 bridgehead atoms. The maximum absolute atomic E-state index is 5.59. The van der Waals surface area contributed by atoms with Crippen molar-refractivity contribution in [3.8, 4) is 0 Å². The lowest BCUT2D eigenvalue weighted by molar-refractivity contribution is 0.112. The highest BCUT2D eigenvalue weighted by Gasteiger charge is 2.13. The summed E-state index contributed by atoms with van der Waals surface area (Å²) < 4.78 is 7.49. The van der Waals surface area contributed by atoms with Crippen molar-refractivity contribution in [2.45, 2.75) is 46.4 Å². The summed E-state index contributed by atoms with van der Waals surface area (Å²) >= 11 is 0. The fourth-order valence-electron chi connectivity index (χ4n) is 1.50. The van der Waals surface area contributed by atoms with Crippen LogP contribution in [0.15, 0.2) is 0 Å². The van der Waals surface area contributed by atoms with E-state index in [4.69, 9.17) is 10.5 Å². The highest BCUT2D eigenvalue weighted by Crippen LogP contribution is 2.11. The Labute approximate surface area is 90.6 Å². The lowest BCUT2D eigenvalue weighted by Gasteiger charge is -2.13. The lowest BCUT2D eigenvalue weighted by atomic mass is 10.3. The highest BCUT2D eigenvalue weighted by atomic mass is 16.5. The van der Waals surface area contributed by atoms with Gasteiger partial charge in [-0.3, -0.25) is 0 Å². The first-order valence-corrected chi connectivity index (χ1v) is 5.41. The summed E-state index contributed by atoms with van der Waals surface area (Å²) in [6, 6.07) is 0.318. The van der Waals surface area contributed by atoms with Gasteiger partial charge in [-0.2, -0.15) is 0 Å². The van der Waals surface area contributed by atoms with Crippen LogP contribution in [0.25, 0.3) is 0 Å². The van der Waals surface area contributed by atoms with Gasteiger partial charge in [0.05, 0.1) is 6.54 Å². The average Bonchev–Trinajstić information content (AvgIpc) is 2.61. The highest BCUT2D eigenvalue weighted by molar-refractivity contribution is 4.96. The first-order chi connectivity index (χ1) is 7.20. The van der Waals surface area contributed by atoms with E-state index in [0.29, 0.717) is 19.2 Å². The van der Waals surface area contributed by atoms with E-state index < -0.39 is 0 Å². The zero-order chi connectivity index (χ0) is 11.3. The third kappa shape index (κ3) is 3.00. The van der Waals surface area contributed by atoms with Gasteiger partial charge in [0.2, 0.25) is 0 Å². The van der Waals surface area contributed by atoms with Gasteiger partial charge in [-0.15, -0.1) is 10.2 Å². The third-order valence-corrected chi connectivity index (χ3v) is 2.12. The standard InChI is InChI=1S/C10H20N4O/c1-4-5-15-7-10-13-12-9(6-11)14(10)8(2)3/h8H,4-7,11H2,1-3H3. The van der Waals surface area contributed by atoms with Crippen LogP contribution >= 0.6 is 0 Å². The number of aromatic nitrogens is 3. The van der Waals surface area contributed by atoms with Crippen molar-refractivity contribution in [3.05, 3.63) is 11.6 Å². The SMILES string of the molecule is CCCOCc1nnc(CN)n1C(C)C. The molecular formula is C10H20N4O. The normalized spacial score (nSPS) is 11.3. The van der Waals surface area contributed by atoms with E-state index in [-0.39, 0.29) is 0 Å². The van der Waals surface area contributed by atoms with Gasteiger partial charge in [-0.1, -0.05) is 6.92 Å². The maximum atomic E-state index is 5.59. The van der Waals surface area contributed by atoms with Crippen LogP contribution in [0, 0.1) is 0 Å². The van der Waals surface area contributed by atoms with Gasteiger partial charge in [-0.25, -0.2) is 0 Å². The molecule has 0 aliphatic carbocycles. The zero-order valence-electron chi connectivity index (χ0n) is 9.73. The van der Waals surface area contributed by atoms with Crippen molar-refractivity contribution >= 4 is 0 Å². The van der Waals surface area contributed by atoms with Crippen LogP contribution in [-0.2, 0) is 17.9 Å². The van der Waals surface area contributed by atoms with E-state index >= 15 is 0 Å². The second-order valence-corrected chi connectivity index (χ2v) is 3.75. The fraction of sp³-hybridized carbons (Fsp3) is 0.800. The molecule has 1 aromatic rings. The maximum Gasteiger partial charge on any atom is 0.159 e. The van der Waals surface area contributed by atoms with E-state index in [1.54, 1.807) is 0 Å². The van der Waals surface area contributed by atoms with Crippen molar-refractivity contribution in [1.29, 1.82) is 0 Å². The Morgan fingerprint density at radius 1 is 1.33 bits per heavy atom. The quantitative estimate of drug-likeness (QED) is 0.720. The van der Waals surface area contributed by atoms with E-state index in [1.807, 2.05) is 4.57 Å². The molecule has 0 amide bonds. The fourth-order valence-corrected chi connectivity index (χ4v) is 1.50. The summed E-state index contributed by atoms with van der Waals surface area (Å²) in [6.45, 7) is 7.94. The van der Waals surface area contributed by atoms with Crippen LogP contribution in [0.4, 0.5) is 0 Å². The minimum absolute atomic E-state index is 0.318. The molecule has 15 heavy (non-hydrogen) atoms. The summed E-state index contributed by atoms with van der Waals surface area (Å²) in [5.41, 5.74) is 5.59. The monoisotopic (exact) mass is 212 g/mol. The van der Waals surface area contributed by atoms with Crippen molar-refractivity contribution < 1.29 is 4.74 Å². The van der Waals surface area contributed by atoms with Gasteiger partial charge in [0.15, 0.2) is 5.82 Å². The van der Waals surface area contributed by atoms with Gasteiger partial charge in [0, 0.05) is 12.6 Å². The number of nitrogens with zero attached hydrogens (tertiary/aromatic N) is 3. The Balaban J connectivity index is 2.73. The molecule has 0 radical (unpaired) electrons. The second-order valence-electron chi connectivity index (χ2n) is 3.75. The summed E-state index contributed by atoms with van der Waals surface area (Å²) in [7, 11) is 0. The van der Waals surface area contributed by atoms with E-state index in [0.717, 1.165) is 24.7 Å². The lowest BCUT2D eigenvalue weighted by Crippen LogP contribution is -2.14. The molecule has 0 aromatic carbocycles. The molecule has 5 heteroatoms. The van der Waals surface area contributed by atoms with Gasteiger partial charge < -0.3 is 15.0 Å². The predicted molar refractivity (Wildman–Crippen MR) is 58.2 cm³/mol. The van der Waals surface area contributed by atoms with Crippen LogP contribution in [0.1, 0.15) is 44.9 Å². The van der Waals surface area contributed by atoms with Gasteiger partial charge in [0.25, 0.3) is 0 Å². The van der Waals surface area contributed by atoms with Crippen LogP contribution < -0.4 is 5.73 Å². The molecule has 0 aliphatic heterocycles. The molecule has 5 nitrogen and oxygen atoms in total. The molecule has 0 aliphatic rings. The smallest absolute Gasteiger partial charge is 0.159 e. The second kappa shape index (κ2) is 5.82. The molecule has 0 saturated heterocycles. The Morgan fingerprint density at radius 3 is 2.53 bits per heavy atom. The molecule has 0 fully saturated rings. The minimum atomic E-state index is 0.318. The number of ether oxygens (including phenoxy) is 1. The van der Waals surface area contributed by atoms with Gasteiger partial charge in [-0.05, 0) is 20.3 Å². The molecule has 86 valence electrons. The summed E-state index contributed by atoms with van der Waals surface area (Å²) in [5.74, 6) is 1.68. The Kier molecular flexibility index (Phi) is 4.71. The molecule has 0 unspecified atom stereocenters. The first kappa shape index (κ1) is 12.1. The Morgan fingerprint density at radius 2 is 2.00 bits per heavy atom. The van der Waals surface area contributed by atoms with E-state index in [9.17, 15) is 0 Å². The van der Waals surface area contributed by atoms with Crippen molar-refractivity contribution in [2.75, 3.05) is 6.61 Å². The molecule has 2 N–H and O–H groups in total. The number of hydrogen-bond acceptors (Lipinski definition) is 4. The molecular weight excluding hydrogens is 192 g/mol. The van der Waals surface area contributed by atoms with Crippen molar-refractivity contribution in [3.63, 3.8) is 0 Å². The molecule has 1 rings (SSSR count). The largest absolute Gasteiger partial charge is 0.373 e. The Hall–Kier alpha value is -0.940. The van der Waals surface area contributed by atoms with Crippen LogP contribution in [-0.4, -0.2) is 21.4 Å². The zero-order valence-corrected chi connectivity index (χ0v) is 9.73. The topological polar surface area (TPSA) is 66.0 Å². The van der Waals surface area contributed by atoms with E-state index in [2.05, 4.69) is 31.0 Å². The summed E-state index contributed by atoms with van der Waals surface area (Å²) in [6.07, 6.45) is 1.01. The van der Waals surface area contributed by atoms with Crippen LogP contribution in [0.5, 0.6) is 0 Å². The van der Waals surface area contributed by atoms with Gasteiger partial charge in [0.1, 0.15) is 12.4 Å². The Bertz CT molecular complexity index is 296. The van der Waals surface area contributed by atoms with Crippen molar-refractivity contribution in [1.82, 2.24) is 14.8 Å². The summed E-state index contributed by atoms with van der Waals surface area (Å²) in [4.78, 5) is 0.